The zero-order valence-corrected chi connectivity index (χ0v) is 18.0. The fourth-order valence-electron chi connectivity index (χ4n) is 8.67. The molecule has 0 aromatic heterocycles. The Bertz CT molecular complexity index is 730. The van der Waals surface area contributed by atoms with Crippen molar-refractivity contribution < 1.29 is 4.79 Å². The Morgan fingerprint density at radius 3 is 2.32 bits per heavy atom. The van der Waals surface area contributed by atoms with Gasteiger partial charge in [0.15, 0.2) is 0 Å². The highest BCUT2D eigenvalue weighted by Crippen LogP contribution is 2.70. The molecule has 4 bridgehead atoms. The summed E-state index contributed by atoms with van der Waals surface area (Å²) in [4.78, 5) is 13.8. The minimum atomic E-state index is -0.00832. The van der Waals surface area contributed by atoms with Crippen LogP contribution >= 0.6 is 0 Å². The van der Waals surface area contributed by atoms with Crippen molar-refractivity contribution in [2.75, 3.05) is 0 Å². The second-order valence-electron chi connectivity index (χ2n) is 11.7. The number of hydrogen-bond acceptors (Lipinski definition) is 1. The van der Waals surface area contributed by atoms with Crippen LogP contribution < -0.4 is 0 Å². The highest BCUT2D eigenvalue weighted by atomic mass is 16.1. The molecular weight excluding hydrogens is 340 g/mol. The van der Waals surface area contributed by atoms with Crippen molar-refractivity contribution in [1.29, 1.82) is 0 Å². The molecule has 1 aromatic carbocycles. The molecule has 0 aliphatic heterocycles. The van der Waals surface area contributed by atoms with E-state index in [1.807, 2.05) is 0 Å². The van der Waals surface area contributed by atoms with Gasteiger partial charge >= 0.3 is 0 Å². The summed E-state index contributed by atoms with van der Waals surface area (Å²) < 4.78 is 0. The van der Waals surface area contributed by atoms with Crippen LogP contribution in [-0.2, 0) is 10.2 Å². The molecule has 0 heterocycles. The fourth-order valence-corrected chi connectivity index (χ4v) is 8.67. The van der Waals surface area contributed by atoms with Gasteiger partial charge in [-0.2, -0.15) is 0 Å². The van der Waals surface area contributed by atoms with Crippen molar-refractivity contribution in [3.05, 3.63) is 35.9 Å². The zero-order chi connectivity index (χ0) is 19.4. The summed E-state index contributed by atoms with van der Waals surface area (Å²) in [5.74, 6) is 3.01. The summed E-state index contributed by atoms with van der Waals surface area (Å²) >= 11 is 0. The Hall–Kier alpha value is -1.11. The summed E-state index contributed by atoms with van der Waals surface area (Å²) in [7, 11) is 0. The van der Waals surface area contributed by atoms with E-state index in [2.05, 4.69) is 44.2 Å². The van der Waals surface area contributed by atoms with Crippen LogP contribution in [0.5, 0.6) is 0 Å². The number of hydrogen-bond donors (Lipinski definition) is 0. The summed E-state index contributed by atoms with van der Waals surface area (Å²) in [6, 6.07) is 11.2. The van der Waals surface area contributed by atoms with Gasteiger partial charge < -0.3 is 0 Å². The third-order valence-corrected chi connectivity index (χ3v) is 9.34. The van der Waals surface area contributed by atoms with Gasteiger partial charge in [-0.3, -0.25) is 4.79 Å². The fraction of sp³-hybridized carbons (Fsp3) is 0.741. The lowest BCUT2D eigenvalue weighted by Crippen LogP contribution is -2.60. The van der Waals surface area contributed by atoms with E-state index in [9.17, 15) is 4.79 Å². The third kappa shape index (κ3) is 3.08. The van der Waals surface area contributed by atoms with Gasteiger partial charge in [-0.25, -0.2) is 0 Å². The Balaban J connectivity index is 1.39. The second kappa shape index (κ2) is 6.71. The zero-order valence-electron chi connectivity index (χ0n) is 18.0. The summed E-state index contributed by atoms with van der Waals surface area (Å²) in [6.07, 6.45) is 15.0. The molecule has 4 atom stereocenters. The van der Waals surface area contributed by atoms with Crippen LogP contribution in [0.15, 0.2) is 30.3 Å². The molecule has 0 N–H and O–H groups in total. The highest BCUT2D eigenvalue weighted by Gasteiger charge is 2.64. The van der Waals surface area contributed by atoms with E-state index in [1.54, 1.807) is 0 Å². The van der Waals surface area contributed by atoms with Gasteiger partial charge in [0.25, 0.3) is 0 Å². The van der Waals surface area contributed by atoms with Crippen molar-refractivity contribution in [1.82, 2.24) is 0 Å². The van der Waals surface area contributed by atoms with Gasteiger partial charge in [-0.1, -0.05) is 63.4 Å². The van der Waals surface area contributed by atoms with E-state index < -0.39 is 0 Å². The maximum absolute atomic E-state index is 13.8. The SMILES string of the molecule is CCC1CCC(CC(=O)C23CC4C[C@@](C)(C2)C[C@](c2ccccc2)(C4)C3)CC1. The van der Waals surface area contributed by atoms with Crippen LogP contribution in [0.1, 0.15) is 96.5 Å². The van der Waals surface area contributed by atoms with Crippen LogP contribution in [0.4, 0.5) is 0 Å². The maximum atomic E-state index is 13.8. The molecule has 0 saturated heterocycles. The topological polar surface area (TPSA) is 17.1 Å². The van der Waals surface area contributed by atoms with Gasteiger partial charge in [0.1, 0.15) is 5.78 Å². The van der Waals surface area contributed by atoms with Crippen molar-refractivity contribution in [3.8, 4) is 0 Å². The molecule has 0 amide bonds. The summed E-state index contributed by atoms with van der Waals surface area (Å²) in [5.41, 5.74) is 2.16. The lowest BCUT2D eigenvalue weighted by Gasteiger charge is -2.66. The van der Waals surface area contributed by atoms with Crippen LogP contribution in [0.2, 0.25) is 0 Å². The molecule has 28 heavy (non-hydrogen) atoms. The van der Waals surface area contributed by atoms with Gasteiger partial charge in [0.2, 0.25) is 0 Å². The summed E-state index contributed by atoms with van der Waals surface area (Å²) in [5, 5.41) is 0. The molecule has 0 spiro atoms. The smallest absolute Gasteiger partial charge is 0.139 e. The second-order valence-corrected chi connectivity index (χ2v) is 11.7. The molecule has 1 heteroatoms. The summed E-state index contributed by atoms with van der Waals surface area (Å²) in [6.45, 7) is 4.83. The number of rotatable bonds is 5. The van der Waals surface area contributed by atoms with Crippen molar-refractivity contribution in [2.45, 2.75) is 96.3 Å². The number of carbonyl (C=O) groups excluding carboxylic acids is 1. The van der Waals surface area contributed by atoms with Crippen molar-refractivity contribution in [3.63, 3.8) is 0 Å². The molecular formula is C27H38O. The van der Waals surface area contributed by atoms with Gasteiger partial charge in [-0.15, -0.1) is 0 Å². The first-order valence-corrected chi connectivity index (χ1v) is 12.0. The third-order valence-electron chi connectivity index (χ3n) is 9.34. The first-order chi connectivity index (χ1) is 13.4. The largest absolute Gasteiger partial charge is 0.299 e. The van der Waals surface area contributed by atoms with Gasteiger partial charge in [0, 0.05) is 11.8 Å². The van der Waals surface area contributed by atoms with E-state index in [4.69, 9.17) is 0 Å². The molecule has 152 valence electrons. The van der Waals surface area contributed by atoms with Crippen molar-refractivity contribution >= 4 is 5.78 Å². The Kier molecular flexibility index (Phi) is 4.53. The van der Waals surface area contributed by atoms with Crippen molar-refractivity contribution in [2.24, 2.45) is 28.6 Å². The predicted molar refractivity (Wildman–Crippen MR) is 115 cm³/mol. The first kappa shape index (κ1) is 18.9. The molecule has 6 rings (SSSR count). The van der Waals surface area contributed by atoms with Crippen LogP contribution in [0.25, 0.3) is 0 Å². The lowest BCUT2D eigenvalue weighted by molar-refractivity contribution is -0.159. The van der Waals surface area contributed by atoms with Gasteiger partial charge in [0.05, 0.1) is 0 Å². The molecule has 5 saturated carbocycles. The first-order valence-electron chi connectivity index (χ1n) is 12.0. The molecule has 5 aliphatic rings. The maximum Gasteiger partial charge on any atom is 0.139 e. The number of Topliss-reactive ketones (excluding diaryl/α,β-unsaturated/α-hetero) is 1. The quantitative estimate of drug-likeness (QED) is 0.534. The normalized spacial score (nSPS) is 44.6. The monoisotopic (exact) mass is 378 g/mol. The molecule has 5 aliphatic carbocycles. The molecule has 0 radical (unpaired) electrons. The lowest BCUT2D eigenvalue weighted by atomic mass is 9.38. The molecule has 2 unspecified atom stereocenters. The standard InChI is InChI=1S/C27H38O/c1-3-20-9-11-21(12-10-20)13-24(28)27-16-22-14-25(2,18-27)17-26(15-22,19-27)23-7-5-4-6-8-23/h4-8,20-22H,3,9-19H2,1-2H3/t20?,21?,22?,25-,26-,27?/m1/s1. The molecule has 1 aromatic rings. The van der Waals surface area contributed by atoms with Crippen LogP contribution in [0, 0.1) is 28.6 Å². The van der Waals surface area contributed by atoms with E-state index in [-0.39, 0.29) is 10.8 Å². The highest BCUT2D eigenvalue weighted by molar-refractivity contribution is 5.86. The van der Waals surface area contributed by atoms with E-state index >= 15 is 0 Å². The number of ketones is 1. The Morgan fingerprint density at radius 2 is 1.64 bits per heavy atom. The number of benzene rings is 1. The molecule has 1 nitrogen and oxygen atoms in total. The van der Waals surface area contributed by atoms with Crippen LogP contribution in [-0.4, -0.2) is 5.78 Å². The average Bonchev–Trinajstić information content (AvgIpc) is 2.67. The Morgan fingerprint density at radius 1 is 0.929 bits per heavy atom. The predicted octanol–water partition coefficient (Wildman–Crippen LogP) is 7.09. The Labute approximate surface area is 171 Å². The minimum Gasteiger partial charge on any atom is -0.299 e. The van der Waals surface area contributed by atoms with Crippen LogP contribution in [0.3, 0.4) is 0 Å². The minimum absolute atomic E-state index is 0.00832. The average molecular weight is 379 g/mol. The van der Waals surface area contributed by atoms with E-state index in [0.29, 0.717) is 17.1 Å². The van der Waals surface area contributed by atoms with Gasteiger partial charge in [-0.05, 0) is 85.5 Å². The molecule has 5 fully saturated rings. The van der Waals surface area contributed by atoms with E-state index in [0.717, 1.165) is 24.7 Å². The van der Waals surface area contributed by atoms with E-state index in [1.165, 1.54) is 69.8 Å². The number of carbonyl (C=O) groups is 1.